The smallest absolute Gasteiger partial charge is 0.201 e. The SMILES string of the molecule is COc1cc(O)c(C=O)c(C(=O)c2c(O)cc(C)c(Cl)c2O)c1CC=C(I)I. The molecule has 28 heavy (non-hydrogen) atoms. The molecule has 0 saturated heterocycles. The number of rotatable bonds is 6. The van der Waals surface area contributed by atoms with Crippen LogP contribution in [0, 0.1) is 6.92 Å². The van der Waals surface area contributed by atoms with Crippen LogP contribution in [0.15, 0.2) is 19.8 Å². The second-order valence-corrected chi connectivity index (χ2v) is 10.5. The Balaban J connectivity index is 2.88. The van der Waals surface area contributed by atoms with Gasteiger partial charge < -0.3 is 20.1 Å². The van der Waals surface area contributed by atoms with Gasteiger partial charge in [-0.3, -0.25) is 9.59 Å². The van der Waals surface area contributed by atoms with Crippen LogP contribution in [0.1, 0.15) is 37.4 Å². The number of phenols is 3. The van der Waals surface area contributed by atoms with Crippen molar-refractivity contribution in [3.8, 4) is 23.0 Å². The molecule has 6 nitrogen and oxygen atoms in total. The van der Waals surface area contributed by atoms with Crippen molar-refractivity contribution < 1.29 is 29.6 Å². The van der Waals surface area contributed by atoms with Crippen molar-refractivity contribution in [3.05, 3.63) is 52.6 Å². The Hall–Kier alpha value is -1.53. The number of benzene rings is 2. The lowest BCUT2D eigenvalue weighted by Crippen LogP contribution is -2.12. The van der Waals surface area contributed by atoms with Gasteiger partial charge in [0, 0.05) is 18.8 Å². The van der Waals surface area contributed by atoms with E-state index in [0.717, 1.165) is 1.59 Å². The number of aldehydes is 1. The van der Waals surface area contributed by atoms with E-state index >= 15 is 0 Å². The van der Waals surface area contributed by atoms with Crippen molar-refractivity contribution in [3.63, 3.8) is 0 Å². The van der Waals surface area contributed by atoms with Crippen LogP contribution in [0.4, 0.5) is 0 Å². The van der Waals surface area contributed by atoms with E-state index in [0.29, 0.717) is 17.4 Å². The van der Waals surface area contributed by atoms with Crippen LogP contribution in [0.25, 0.3) is 0 Å². The summed E-state index contributed by atoms with van der Waals surface area (Å²) in [6.45, 7) is 1.56. The molecule has 3 N–H and O–H groups in total. The molecular weight excluding hydrogens is 613 g/mol. The van der Waals surface area contributed by atoms with Crippen LogP contribution in [-0.4, -0.2) is 34.5 Å². The summed E-state index contributed by atoms with van der Waals surface area (Å²) >= 11 is 10.2. The van der Waals surface area contributed by atoms with Gasteiger partial charge in [-0.15, -0.1) is 0 Å². The third-order valence-corrected chi connectivity index (χ3v) is 5.42. The molecule has 0 saturated carbocycles. The highest BCUT2D eigenvalue weighted by Gasteiger charge is 2.29. The minimum absolute atomic E-state index is 0.0934. The number of aryl methyl sites for hydroxylation is 1. The molecule has 0 aromatic heterocycles. The van der Waals surface area contributed by atoms with Crippen molar-refractivity contribution in [1.29, 1.82) is 0 Å². The molecule has 0 aliphatic heterocycles. The first-order chi connectivity index (χ1) is 13.1. The number of methoxy groups -OCH3 is 1. The normalized spacial score (nSPS) is 10.5. The first kappa shape index (κ1) is 22.8. The highest BCUT2D eigenvalue weighted by Crippen LogP contribution is 2.41. The molecule has 0 amide bonds. The van der Waals surface area contributed by atoms with Crippen molar-refractivity contribution in [2.24, 2.45) is 0 Å². The summed E-state index contributed by atoms with van der Waals surface area (Å²) in [7, 11) is 1.36. The summed E-state index contributed by atoms with van der Waals surface area (Å²) in [4.78, 5) is 24.9. The van der Waals surface area contributed by atoms with E-state index in [1.807, 2.05) is 0 Å². The Labute approximate surface area is 193 Å². The predicted octanol–water partition coefficient (Wildman–Crippen LogP) is 5.07. The van der Waals surface area contributed by atoms with E-state index in [2.05, 4.69) is 45.2 Å². The molecule has 9 heteroatoms. The van der Waals surface area contributed by atoms with Crippen LogP contribution in [-0.2, 0) is 6.42 Å². The molecule has 148 valence electrons. The number of aromatic hydroxyl groups is 3. The number of ether oxygens (including phenoxy) is 1. The Bertz CT molecular complexity index is 997. The van der Waals surface area contributed by atoms with Crippen molar-refractivity contribution in [2.75, 3.05) is 7.11 Å². The fraction of sp³-hybridized carbons (Fsp3) is 0.158. The number of carbonyl (C=O) groups is 2. The number of allylic oxidation sites excluding steroid dienone is 1. The summed E-state index contributed by atoms with van der Waals surface area (Å²) in [5, 5.41) is 30.7. The van der Waals surface area contributed by atoms with Gasteiger partial charge in [0.05, 0.1) is 17.7 Å². The molecular formula is C19H15ClI2O6. The Morgan fingerprint density at radius 2 is 1.82 bits per heavy atom. The predicted molar refractivity (Wildman–Crippen MR) is 123 cm³/mol. The molecule has 0 aliphatic rings. The number of ketones is 1. The van der Waals surface area contributed by atoms with E-state index in [1.54, 1.807) is 13.0 Å². The summed E-state index contributed by atoms with van der Waals surface area (Å²) in [5.41, 5.74) is -0.203. The van der Waals surface area contributed by atoms with E-state index < -0.39 is 28.6 Å². The zero-order valence-corrected chi connectivity index (χ0v) is 19.8. The van der Waals surface area contributed by atoms with Gasteiger partial charge in [-0.05, 0) is 70.2 Å². The number of hydrogen-bond acceptors (Lipinski definition) is 6. The minimum atomic E-state index is -0.861. The maximum atomic E-state index is 13.3. The van der Waals surface area contributed by atoms with Gasteiger partial charge in [0.25, 0.3) is 0 Å². The zero-order valence-electron chi connectivity index (χ0n) is 14.7. The molecule has 0 atom stereocenters. The molecule has 0 bridgehead atoms. The van der Waals surface area contributed by atoms with Gasteiger partial charge in [0.15, 0.2) is 6.29 Å². The third-order valence-electron chi connectivity index (χ3n) is 4.06. The van der Waals surface area contributed by atoms with E-state index in [4.69, 9.17) is 16.3 Å². The molecule has 2 aromatic rings. The zero-order chi connectivity index (χ0) is 21.2. The maximum Gasteiger partial charge on any atom is 0.201 e. The van der Waals surface area contributed by atoms with Gasteiger partial charge in [0.1, 0.15) is 28.6 Å². The standard InChI is InChI=1S/C19H15ClI2O6/c1-8-5-12(25)16(19(27)17(8)20)18(26)15-9(3-4-14(21)22)13(28-2)6-11(24)10(15)7-23/h4-7,24-25,27H,3H2,1-2H3. The topological polar surface area (TPSA) is 104 Å². The van der Waals surface area contributed by atoms with E-state index in [9.17, 15) is 24.9 Å². The second-order valence-electron chi connectivity index (χ2n) is 5.76. The Kier molecular flexibility index (Phi) is 7.57. The molecule has 0 radical (unpaired) electrons. The van der Waals surface area contributed by atoms with E-state index in [1.165, 1.54) is 19.2 Å². The number of phenolic OH excluding ortho intramolecular Hbond substituents is 3. The monoisotopic (exact) mass is 628 g/mol. The average molecular weight is 629 g/mol. The number of hydrogen-bond donors (Lipinski definition) is 3. The fourth-order valence-corrected chi connectivity index (χ4v) is 3.34. The molecule has 2 aromatic carbocycles. The van der Waals surface area contributed by atoms with Gasteiger partial charge in [-0.25, -0.2) is 0 Å². The van der Waals surface area contributed by atoms with E-state index in [-0.39, 0.29) is 28.3 Å². The molecule has 0 aliphatic carbocycles. The maximum absolute atomic E-state index is 13.3. The average Bonchev–Trinajstić information content (AvgIpc) is 2.63. The fourth-order valence-electron chi connectivity index (χ4n) is 2.75. The first-order valence-corrected chi connectivity index (χ1v) is 10.3. The highest BCUT2D eigenvalue weighted by molar-refractivity contribution is 14.2. The van der Waals surface area contributed by atoms with Gasteiger partial charge in [0.2, 0.25) is 5.78 Å². The van der Waals surface area contributed by atoms with Gasteiger partial charge in [-0.1, -0.05) is 17.7 Å². The van der Waals surface area contributed by atoms with Gasteiger partial charge >= 0.3 is 0 Å². The first-order valence-electron chi connectivity index (χ1n) is 7.78. The summed E-state index contributed by atoms with van der Waals surface area (Å²) in [5.74, 6) is -2.22. The van der Waals surface area contributed by atoms with Crippen molar-refractivity contribution in [1.82, 2.24) is 0 Å². The Morgan fingerprint density at radius 3 is 2.36 bits per heavy atom. The lowest BCUT2D eigenvalue weighted by Gasteiger charge is -2.17. The molecule has 0 heterocycles. The van der Waals surface area contributed by atoms with Crippen LogP contribution >= 0.6 is 56.8 Å². The molecule has 0 spiro atoms. The largest absolute Gasteiger partial charge is 0.507 e. The van der Waals surface area contributed by atoms with Crippen LogP contribution in [0.5, 0.6) is 23.0 Å². The van der Waals surface area contributed by atoms with Crippen LogP contribution in [0.2, 0.25) is 5.02 Å². The van der Waals surface area contributed by atoms with Crippen molar-refractivity contribution >= 4 is 68.9 Å². The summed E-state index contributed by atoms with van der Waals surface area (Å²) in [6.07, 6.45) is 2.35. The Morgan fingerprint density at radius 1 is 1.18 bits per heavy atom. The summed E-state index contributed by atoms with van der Waals surface area (Å²) in [6, 6.07) is 2.48. The van der Waals surface area contributed by atoms with Crippen LogP contribution in [0.3, 0.4) is 0 Å². The second kappa shape index (κ2) is 9.31. The minimum Gasteiger partial charge on any atom is -0.507 e. The number of carbonyl (C=O) groups excluding carboxylic acids is 2. The third kappa shape index (κ3) is 4.38. The lowest BCUT2D eigenvalue weighted by molar-refractivity contribution is 0.102. The summed E-state index contributed by atoms with van der Waals surface area (Å²) < 4.78 is 6.18. The number of halogens is 3. The van der Waals surface area contributed by atoms with Crippen LogP contribution < -0.4 is 4.74 Å². The van der Waals surface area contributed by atoms with Crippen molar-refractivity contribution in [2.45, 2.75) is 13.3 Å². The molecule has 0 unspecified atom stereocenters. The molecule has 2 rings (SSSR count). The van der Waals surface area contributed by atoms with Gasteiger partial charge in [-0.2, -0.15) is 0 Å². The lowest BCUT2D eigenvalue weighted by atomic mass is 9.90. The molecule has 0 fully saturated rings. The quantitative estimate of drug-likeness (QED) is 0.235. The highest BCUT2D eigenvalue weighted by atomic mass is 127.